The first kappa shape index (κ1) is 16.8. The molecule has 1 fully saturated rings. The summed E-state index contributed by atoms with van der Waals surface area (Å²) in [6.45, 7) is 5.68. The molecule has 0 aliphatic carbocycles. The quantitative estimate of drug-likeness (QED) is 0.833. The number of rotatable bonds is 5. The molecule has 22 heavy (non-hydrogen) atoms. The summed E-state index contributed by atoms with van der Waals surface area (Å²) in [4.78, 5) is 14.4. The molecule has 1 amide bonds. The van der Waals surface area contributed by atoms with Crippen LogP contribution in [-0.2, 0) is 20.7 Å². The Balaban J connectivity index is 2.00. The SMILES string of the molecule is COC[C@H]1CN(C(=O)Cc2ccc(OC)cc2)CC(C)(C)O1. The van der Waals surface area contributed by atoms with Gasteiger partial charge in [0.25, 0.3) is 0 Å². The summed E-state index contributed by atoms with van der Waals surface area (Å²) in [5, 5.41) is 0. The van der Waals surface area contributed by atoms with Gasteiger partial charge in [-0.1, -0.05) is 12.1 Å². The Labute approximate surface area is 132 Å². The molecule has 1 aliphatic rings. The molecular weight excluding hydrogens is 282 g/mol. The second-order valence-corrected chi connectivity index (χ2v) is 6.25. The first-order valence-electron chi connectivity index (χ1n) is 7.51. The van der Waals surface area contributed by atoms with Crippen LogP contribution in [0.3, 0.4) is 0 Å². The zero-order valence-electron chi connectivity index (χ0n) is 13.8. The van der Waals surface area contributed by atoms with E-state index in [0.29, 0.717) is 26.1 Å². The highest BCUT2D eigenvalue weighted by Gasteiger charge is 2.35. The van der Waals surface area contributed by atoms with Gasteiger partial charge in [-0.15, -0.1) is 0 Å². The molecule has 0 unspecified atom stereocenters. The van der Waals surface area contributed by atoms with Crippen molar-refractivity contribution in [3.05, 3.63) is 29.8 Å². The van der Waals surface area contributed by atoms with Crippen molar-refractivity contribution < 1.29 is 19.0 Å². The van der Waals surface area contributed by atoms with Gasteiger partial charge < -0.3 is 19.1 Å². The summed E-state index contributed by atoms with van der Waals surface area (Å²) in [5.41, 5.74) is 0.634. The van der Waals surface area contributed by atoms with Crippen LogP contribution in [-0.4, -0.2) is 56.4 Å². The number of hydrogen-bond donors (Lipinski definition) is 0. The van der Waals surface area contributed by atoms with Crippen molar-refractivity contribution in [1.29, 1.82) is 0 Å². The van der Waals surface area contributed by atoms with Crippen molar-refractivity contribution >= 4 is 5.91 Å². The molecule has 1 aromatic carbocycles. The summed E-state index contributed by atoms with van der Waals surface area (Å²) in [7, 11) is 3.28. The smallest absolute Gasteiger partial charge is 0.227 e. The fourth-order valence-electron chi connectivity index (χ4n) is 2.79. The van der Waals surface area contributed by atoms with Gasteiger partial charge in [0, 0.05) is 20.2 Å². The third-order valence-electron chi connectivity index (χ3n) is 3.70. The van der Waals surface area contributed by atoms with Crippen molar-refractivity contribution in [3.8, 4) is 5.75 Å². The minimum atomic E-state index is -0.350. The maximum Gasteiger partial charge on any atom is 0.227 e. The van der Waals surface area contributed by atoms with E-state index in [4.69, 9.17) is 14.2 Å². The largest absolute Gasteiger partial charge is 0.497 e. The van der Waals surface area contributed by atoms with E-state index in [2.05, 4.69) is 0 Å². The first-order valence-corrected chi connectivity index (χ1v) is 7.51. The average Bonchev–Trinajstić information content (AvgIpc) is 2.46. The van der Waals surface area contributed by atoms with Crippen LogP contribution in [0.15, 0.2) is 24.3 Å². The van der Waals surface area contributed by atoms with E-state index < -0.39 is 0 Å². The maximum atomic E-state index is 12.6. The molecule has 1 aromatic rings. The van der Waals surface area contributed by atoms with E-state index in [1.54, 1.807) is 14.2 Å². The highest BCUT2D eigenvalue weighted by molar-refractivity contribution is 5.79. The highest BCUT2D eigenvalue weighted by atomic mass is 16.5. The molecule has 0 radical (unpaired) electrons. The lowest BCUT2D eigenvalue weighted by Gasteiger charge is -2.42. The number of carbonyl (C=O) groups is 1. The number of methoxy groups -OCH3 is 2. The summed E-state index contributed by atoms with van der Waals surface area (Å²) in [6.07, 6.45) is 0.313. The second kappa shape index (κ2) is 7.11. The van der Waals surface area contributed by atoms with Crippen LogP contribution < -0.4 is 4.74 Å². The molecule has 0 N–H and O–H groups in total. The summed E-state index contributed by atoms with van der Waals surface area (Å²) < 4.78 is 16.2. The van der Waals surface area contributed by atoms with Crippen molar-refractivity contribution in [3.63, 3.8) is 0 Å². The van der Waals surface area contributed by atoms with Crippen LogP contribution in [0.4, 0.5) is 0 Å². The van der Waals surface area contributed by atoms with Gasteiger partial charge in [0.1, 0.15) is 5.75 Å². The standard InChI is InChI=1S/C17H25NO4/c1-17(2)12-18(10-15(22-17)11-20-3)16(19)9-13-5-7-14(21-4)8-6-13/h5-8,15H,9-12H2,1-4H3/t15-/m1/s1. The Morgan fingerprint density at radius 3 is 2.59 bits per heavy atom. The number of carbonyl (C=O) groups excluding carboxylic acids is 1. The van der Waals surface area contributed by atoms with Gasteiger partial charge in [-0.2, -0.15) is 0 Å². The molecule has 5 nitrogen and oxygen atoms in total. The molecular formula is C17H25NO4. The van der Waals surface area contributed by atoms with Crippen LogP contribution in [0.2, 0.25) is 0 Å². The van der Waals surface area contributed by atoms with E-state index in [1.807, 2.05) is 43.0 Å². The Morgan fingerprint density at radius 2 is 2.00 bits per heavy atom. The molecule has 122 valence electrons. The van der Waals surface area contributed by atoms with E-state index in [0.717, 1.165) is 11.3 Å². The van der Waals surface area contributed by atoms with E-state index in [-0.39, 0.29) is 17.6 Å². The molecule has 1 heterocycles. The zero-order valence-corrected chi connectivity index (χ0v) is 13.8. The van der Waals surface area contributed by atoms with E-state index >= 15 is 0 Å². The molecule has 5 heteroatoms. The monoisotopic (exact) mass is 307 g/mol. The number of benzene rings is 1. The Bertz CT molecular complexity index is 498. The number of nitrogens with zero attached hydrogens (tertiary/aromatic N) is 1. The summed E-state index contributed by atoms with van der Waals surface area (Å²) >= 11 is 0. The first-order chi connectivity index (χ1) is 10.4. The molecule has 0 saturated carbocycles. The van der Waals surface area contributed by atoms with Crippen LogP contribution in [0, 0.1) is 0 Å². The minimum Gasteiger partial charge on any atom is -0.497 e. The van der Waals surface area contributed by atoms with Crippen molar-refractivity contribution in [2.45, 2.75) is 32.0 Å². The average molecular weight is 307 g/mol. The Morgan fingerprint density at radius 1 is 1.32 bits per heavy atom. The van der Waals surface area contributed by atoms with Gasteiger partial charge in [-0.05, 0) is 31.5 Å². The van der Waals surface area contributed by atoms with Gasteiger partial charge in [0.05, 0.1) is 31.8 Å². The predicted octanol–water partition coefficient (Wildman–Crippen LogP) is 1.89. The van der Waals surface area contributed by atoms with Gasteiger partial charge in [-0.25, -0.2) is 0 Å². The lowest BCUT2D eigenvalue weighted by Crippen LogP contribution is -2.56. The lowest BCUT2D eigenvalue weighted by atomic mass is 10.0. The number of morpholine rings is 1. The molecule has 1 saturated heterocycles. The van der Waals surface area contributed by atoms with Gasteiger partial charge >= 0.3 is 0 Å². The van der Waals surface area contributed by atoms with E-state index in [9.17, 15) is 4.79 Å². The highest BCUT2D eigenvalue weighted by Crippen LogP contribution is 2.22. The van der Waals surface area contributed by atoms with Crippen molar-refractivity contribution in [2.75, 3.05) is 33.9 Å². The Kier molecular flexibility index (Phi) is 5.42. The minimum absolute atomic E-state index is 0.0754. The maximum absolute atomic E-state index is 12.6. The fraction of sp³-hybridized carbons (Fsp3) is 0.588. The van der Waals surface area contributed by atoms with Crippen LogP contribution >= 0.6 is 0 Å². The molecule has 2 rings (SSSR count). The summed E-state index contributed by atoms with van der Waals surface area (Å²) in [6, 6.07) is 7.60. The fourth-order valence-corrected chi connectivity index (χ4v) is 2.79. The third-order valence-corrected chi connectivity index (χ3v) is 3.70. The van der Waals surface area contributed by atoms with Gasteiger partial charge in [0.2, 0.25) is 5.91 Å². The van der Waals surface area contributed by atoms with Gasteiger partial charge in [-0.3, -0.25) is 4.79 Å². The third kappa shape index (κ3) is 4.45. The van der Waals surface area contributed by atoms with E-state index in [1.165, 1.54) is 0 Å². The summed E-state index contributed by atoms with van der Waals surface area (Å²) in [5.74, 6) is 0.909. The van der Waals surface area contributed by atoms with Crippen LogP contribution in [0.5, 0.6) is 5.75 Å². The molecule has 0 spiro atoms. The van der Waals surface area contributed by atoms with Crippen molar-refractivity contribution in [1.82, 2.24) is 4.90 Å². The number of ether oxygens (including phenoxy) is 3. The zero-order chi connectivity index (χ0) is 16.2. The molecule has 1 atom stereocenters. The lowest BCUT2D eigenvalue weighted by molar-refractivity contribution is -0.168. The second-order valence-electron chi connectivity index (χ2n) is 6.25. The Hall–Kier alpha value is -1.59. The molecule has 0 aromatic heterocycles. The normalized spacial score (nSPS) is 20.7. The van der Waals surface area contributed by atoms with Crippen LogP contribution in [0.25, 0.3) is 0 Å². The number of amides is 1. The number of hydrogen-bond acceptors (Lipinski definition) is 4. The van der Waals surface area contributed by atoms with Crippen molar-refractivity contribution in [2.24, 2.45) is 0 Å². The van der Waals surface area contributed by atoms with Crippen LogP contribution in [0.1, 0.15) is 19.4 Å². The topological polar surface area (TPSA) is 48.0 Å². The molecule has 0 bridgehead atoms. The molecule has 1 aliphatic heterocycles. The predicted molar refractivity (Wildman–Crippen MR) is 84.1 cm³/mol. The van der Waals surface area contributed by atoms with Gasteiger partial charge in [0.15, 0.2) is 0 Å².